The number of aryl methyl sites for hydroxylation is 1. The molecule has 6 heteroatoms. The summed E-state index contributed by atoms with van der Waals surface area (Å²) in [6, 6.07) is 0. The van der Waals surface area contributed by atoms with Gasteiger partial charge in [-0.05, 0) is 32.9 Å². The summed E-state index contributed by atoms with van der Waals surface area (Å²) >= 11 is 0. The van der Waals surface area contributed by atoms with Crippen LogP contribution in [0.3, 0.4) is 0 Å². The third-order valence-corrected chi connectivity index (χ3v) is 3.93. The molecule has 1 saturated heterocycles. The molecule has 0 spiro atoms. The van der Waals surface area contributed by atoms with Crippen molar-refractivity contribution in [2.24, 2.45) is 5.92 Å². The van der Waals surface area contributed by atoms with Gasteiger partial charge in [0, 0.05) is 26.6 Å². The van der Waals surface area contributed by atoms with Crippen LogP contribution in [0.5, 0.6) is 0 Å². The lowest BCUT2D eigenvalue weighted by atomic mass is 10.1. The SMILES string of the molecule is CCN(CC1CCN(C)C1)c1ncnc2oc(C)nc12. The second kappa shape index (κ2) is 5.36. The Hall–Kier alpha value is -1.69. The molecule has 0 aliphatic carbocycles. The zero-order valence-corrected chi connectivity index (χ0v) is 12.3. The van der Waals surface area contributed by atoms with E-state index < -0.39 is 0 Å². The molecule has 1 aliphatic heterocycles. The van der Waals surface area contributed by atoms with Crippen LogP contribution in [0.25, 0.3) is 11.2 Å². The molecule has 3 heterocycles. The second-order valence-electron chi connectivity index (χ2n) is 5.54. The molecule has 0 saturated carbocycles. The number of aromatic nitrogens is 3. The zero-order valence-electron chi connectivity index (χ0n) is 12.3. The highest BCUT2D eigenvalue weighted by Gasteiger charge is 2.24. The standard InChI is InChI=1S/C14H21N5O/c1-4-19(8-11-5-6-18(3)7-11)13-12-14(16-9-15-13)20-10(2)17-12/h9,11H,4-8H2,1-3H3. The predicted octanol–water partition coefficient (Wildman–Crippen LogP) is 1.70. The highest BCUT2D eigenvalue weighted by molar-refractivity contribution is 5.81. The van der Waals surface area contributed by atoms with E-state index in [4.69, 9.17) is 4.42 Å². The number of likely N-dealkylation sites (tertiary alicyclic amines) is 1. The molecule has 6 nitrogen and oxygen atoms in total. The minimum Gasteiger partial charge on any atom is -0.422 e. The van der Waals surface area contributed by atoms with Crippen molar-refractivity contribution < 1.29 is 4.42 Å². The number of oxazole rings is 1. The van der Waals surface area contributed by atoms with Crippen molar-refractivity contribution in [3.8, 4) is 0 Å². The Kier molecular flexibility index (Phi) is 3.56. The molecule has 3 rings (SSSR count). The van der Waals surface area contributed by atoms with E-state index in [0.29, 0.717) is 17.5 Å². The van der Waals surface area contributed by atoms with E-state index in [1.807, 2.05) is 6.92 Å². The summed E-state index contributed by atoms with van der Waals surface area (Å²) in [5, 5.41) is 0. The zero-order chi connectivity index (χ0) is 14.1. The highest BCUT2D eigenvalue weighted by Crippen LogP contribution is 2.25. The molecular formula is C14H21N5O. The van der Waals surface area contributed by atoms with Crippen LogP contribution in [0.15, 0.2) is 10.7 Å². The lowest BCUT2D eigenvalue weighted by Crippen LogP contribution is -2.31. The molecule has 1 fully saturated rings. The van der Waals surface area contributed by atoms with Gasteiger partial charge in [-0.3, -0.25) is 0 Å². The van der Waals surface area contributed by atoms with E-state index in [1.165, 1.54) is 13.0 Å². The summed E-state index contributed by atoms with van der Waals surface area (Å²) in [7, 11) is 2.18. The largest absolute Gasteiger partial charge is 0.422 e. The maximum atomic E-state index is 5.49. The summed E-state index contributed by atoms with van der Waals surface area (Å²) in [5.41, 5.74) is 1.35. The molecule has 2 aromatic rings. The first-order valence-electron chi connectivity index (χ1n) is 7.19. The van der Waals surface area contributed by atoms with Crippen LogP contribution in [-0.2, 0) is 0 Å². The summed E-state index contributed by atoms with van der Waals surface area (Å²) in [6.07, 6.45) is 2.81. The van der Waals surface area contributed by atoms with Gasteiger partial charge >= 0.3 is 0 Å². The lowest BCUT2D eigenvalue weighted by molar-refractivity contribution is 0.394. The summed E-state index contributed by atoms with van der Waals surface area (Å²) in [6.45, 7) is 8.26. The Morgan fingerprint density at radius 3 is 3.00 bits per heavy atom. The first-order valence-corrected chi connectivity index (χ1v) is 7.19. The first kappa shape index (κ1) is 13.3. The molecule has 1 unspecified atom stereocenters. The Labute approximate surface area is 118 Å². The number of nitrogens with zero attached hydrogens (tertiary/aromatic N) is 5. The fourth-order valence-electron chi connectivity index (χ4n) is 2.93. The maximum absolute atomic E-state index is 5.49. The normalized spacial score (nSPS) is 19.9. The van der Waals surface area contributed by atoms with E-state index in [9.17, 15) is 0 Å². The van der Waals surface area contributed by atoms with Crippen molar-refractivity contribution in [3.05, 3.63) is 12.2 Å². The van der Waals surface area contributed by atoms with Crippen molar-refractivity contribution in [2.75, 3.05) is 38.1 Å². The van der Waals surface area contributed by atoms with Crippen LogP contribution >= 0.6 is 0 Å². The second-order valence-corrected chi connectivity index (χ2v) is 5.54. The van der Waals surface area contributed by atoms with Gasteiger partial charge in [0.25, 0.3) is 5.71 Å². The van der Waals surface area contributed by atoms with Crippen LogP contribution in [0.1, 0.15) is 19.2 Å². The molecule has 2 aromatic heterocycles. The number of hydrogen-bond donors (Lipinski definition) is 0. The predicted molar refractivity (Wildman–Crippen MR) is 77.8 cm³/mol. The summed E-state index contributed by atoms with van der Waals surface area (Å²) in [4.78, 5) is 17.7. The molecule has 0 bridgehead atoms. The van der Waals surface area contributed by atoms with Gasteiger partial charge < -0.3 is 14.2 Å². The molecule has 0 amide bonds. The number of fused-ring (bicyclic) bond motifs is 1. The topological polar surface area (TPSA) is 58.3 Å². The maximum Gasteiger partial charge on any atom is 0.252 e. The monoisotopic (exact) mass is 275 g/mol. The van der Waals surface area contributed by atoms with Gasteiger partial charge in [-0.25, -0.2) is 9.97 Å². The van der Waals surface area contributed by atoms with Crippen molar-refractivity contribution in [3.63, 3.8) is 0 Å². The van der Waals surface area contributed by atoms with Crippen LogP contribution < -0.4 is 4.90 Å². The Bertz CT molecular complexity index is 596. The molecule has 1 aliphatic rings. The minimum atomic E-state index is 0.578. The van der Waals surface area contributed by atoms with Crippen molar-refractivity contribution in [1.82, 2.24) is 19.9 Å². The van der Waals surface area contributed by atoms with E-state index in [-0.39, 0.29) is 0 Å². The third-order valence-electron chi connectivity index (χ3n) is 3.93. The number of rotatable bonds is 4. The van der Waals surface area contributed by atoms with Crippen molar-refractivity contribution in [1.29, 1.82) is 0 Å². The van der Waals surface area contributed by atoms with E-state index in [2.05, 4.69) is 38.7 Å². The van der Waals surface area contributed by atoms with Crippen LogP contribution in [-0.4, -0.2) is 53.1 Å². The average Bonchev–Trinajstić information content (AvgIpc) is 3.00. The molecule has 0 N–H and O–H groups in total. The average molecular weight is 275 g/mol. The Morgan fingerprint density at radius 2 is 2.30 bits per heavy atom. The van der Waals surface area contributed by atoms with E-state index in [1.54, 1.807) is 6.33 Å². The van der Waals surface area contributed by atoms with Gasteiger partial charge in [0.2, 0.25) is 0 Å². The minimum absolute atomic E-state index is 0.578. The van der Waals surface area contributed by atoms with Gasteiger partial charge in [-0.1, -0.05) is 0 Å². The van der Waals surface area contributed by atoms with E-state index >= 15 is 0 Å². The molecule has 108 valence electrons. The van der Waals surface area contributed by atoms with Gasteiger partial charge in [0.05, 0.1) is 0 Å². The Balaban J connectivity index is 1.87. The Morgan fingerprint density at radius 1 is 1.45 bits per heavy atom. The van der Waals surface area contributed by atoms with E-state index in [0.717, 1.165) is 31.0 Å². The number of anilines is 1. The van der Waals surface area contributed by atoms with Crippen LogP contribution in [0.4, 0.5) is 5.82 Å². The molecule has 0 aromatic carbocycles. The smallest absolute Gasteiger partial charge is 0.252 e. The van der Waals surface area contributed by atoms with Crippen LogP contribution in [0.2, 0.25) is 0 Å². The molecule has 1 atom stereocenters. The number of hydrogen-bond acceptors (Lipinski definition) is 6. The molecular weight excluding hydrogens is 254 g/mol. The first-order chi connectivity index (χ1) is 9.67. The van der Waals surface area contributed by atoms with Crippen molar-refractivity contribution >= 4 is 17.0 Å². The molecule has 0 radical (unpaired) electrons. The van der Waals surface area contributed by atoms with Gasteiger partial charge in [-0.2, -0.15) is 4.98 Å². The van der Waals surface area contributed by atoms with Gasteiger partial charge in [-0.15, -0.1) is 0 Å². The molecule has 20 heavy (non-hydrogen) atoms. The summed E-state index contributed by atoms with van der Waals surface area (Å²) in [5.74, 6) is 2.22. The van der Waals surface area contributed by atoms with Crippen molar-refractivity contribution in [2.45, 2.75) is 20.3 Å². The highest BCUT2D eigenvalue weighted by atomic mass is 16.4. The van der Waals surface area contributed by atoms with Crippen LogP contribution in [0, 0.1) is 12.8 Å². The fraction of sp³-hybridized carbons (Fsp3) is 0.643. The third kappa shape index (κ3) is 2.47. The summed E-state index contributed by atoms with van der Waals surface area (Å²) < 4.78 is 5.49. The quantitative estimate of drug-likeness (QED) is 0.846. The fourth-order valence-corrected chi connectivity index (χ4v) is 2.93. The van der Waals surface area contributed by atoms with Gasteiger partial charge in [0.15, 0.2) is 17.2 Å². The lowest BCUT2D eigenvalue weighted by Gasteiger charge is -2.25. The van der Waals surface area contributed by atoms with Gasteiger partial charge in [0.1, 0.15) is 6.33 Å².